The molecule has 0 saturated carbocycles. The largest absolute Gasteiger partial charge is 0.497 e. The van der Waals surface area contributed by atoms with Gasteiger partial charge >= 0.3 is 0 Å². The zero-order valence-corrected chi connectivity index (χ0v) is 16.9. The molecule has 2 rings (SSSR count). The van der Waals surface area contributed by atoms with Gasteiger partial charge < -0.3 is 19.5 Å². The number of ether oxygens (including phenoxy) is 3. The summed E-state index contributed by atoms with van der Waals surface area (Å²) in [6, 6.07) is 14.8. The van der Waals surface area contributed by atoms with Crippen LogP contribution in [-0.4, -0.2) is 33.9 Å². The van der Waals surface area contributed by atoms with Crippen LogP contribution in [0.4, 0.5) is 0 Å². The minimum atomic E-state index is 0. The minimum absolute atomic E-state index is 0. The first kappa shape index (κ1) is 22.1. The minimum Gasteiger partial charge on any atom is -0.497 e. The Labute approximate surface area is 163 Å². The van der Waals surface area contributed by atoms with Gasteiger partial charge in [-0.2, -0.15) is 0 Å². The highest BCUT2D eigenvalue weighted by Crippen LogP contribution is 2.27. The lowest BCUT2D eigenvalue weighted by Crippen LogP contribution is -2.29. The van der Waals surface area contributed by atoms with Crippen molar-refractivity contribution in [3.8, 4) is 17.2 Å². The van der Waals surface area contributed by atoms with Crippen LogP contribution in [0, 0.1) is 0 Å². The summed E-state index contributed by atoms with van der Waals surface area (Å²) in [7, 11) is 5.02. The summed E-state index contributed by atoms with van der Waals surface area (Å²) in [6.45, 7) is 3.21. The van der Waals surface area contributed by atoms with Crippen LogP contribution in [0.5, 0.6) is 17.2 Å². The lowest BCUT2D eigenvalue weighted by molar-refractivity contribution is 0.354. The summed E-state index contributed by atoms with van der Waals surface area (Å²) < 4.78 is 15.8. The molecule has 0 fully saturated rings. The second-order valence-corrected chi connectivity index (χ2v) is 6.20. The number of rotatable bonds is 10. The van der Waals surface area contributed by atoms with Gasteiger partial charge in [0.15, 0.2) is 11.5 Å². The Kier molecular flexibility index (Phi) is 9.92. The number of hydrogen-bond donors (Lipinski definition) is 1. The molecule has 0 saturated heterocycles. The molecule has 0 amide bonds. The fraction of sp³-hybridized carbons (Fsp3) is 0.429. The summed E-state index contributed by atoms with van der Waals surface area (Å²) in [4.78, 5) is 0. The molecule has 0 aliphatic rings. The third kappa shape index (κ3) is 6.77. The highest BCUT2D eigenvalue weighted by atomic mass is 35.5. The number of nitrogens with one attached hydrogen (secondary N) is 1. The van der Waals surface area contributed by atoms with Gasteiger partial charge in [0.2, 0.25) is 0 Å². The van der Waals surface area contributed by atoms with Gasteiger partial charge in [0.05, 0.1) is 21.3 Å². The summed E-state index contributed by atoms with van der Waals surface area (Å²) in [6.07, 6.45) is 3.14. The molecule has 0 aliphatic carbocycles. The van der Waals surface area contributed by atoms with Gasteiger partial charge in [-0.3, -0.25) is 0 Å². The van der Waals surface area contributed by atoms with Crippen molar-refractivity contribution in [2.24, 2.45) is 0 Å². The standard InChI is InChI=1S/C21H29NO3.ClH/c1-16(14-18-9-12-20(24-3)21(15-18)25-4)22-13-5-6-17-7-10-19(23-2)11-8-17;/h7-12,15-16,22H,5-6,13-14H2,1-4H3;1H. The SMILES string of the molecule is COc1ccc(CCCNC(C)Cc2ccc(OC)c(OC)c2)cc1.Cl. The fourth-order valence-electron chi connectivity index (χ4n) is 2.87. The first-order valence-corrected chi connectivity index (χ1v) is 8.73. The third-order valence-corrected chi connectivity index (χ3v) is 4.28. The van der Waals surface area contributed by atoms with E-state index in [1.54, 1.807) is 21.3 Å². The maximum atomic E-state index is 5.37. The van der Waals surface area contributed by atoms with E-state index in [4.69, 9.17) is 14.2 Å². The highest BCUT2D eigenvalue weighted by Gasteiger charge is 2.08. The van der Waals surface area contributed by atoms with Crippen molar-refractivity contribution in [1.29, 1.82) is 0 Å². The van der Waals surface area contributed by atoms with E-state index >= 15 is 0 Å². The highest BCUT2D eigenvalue weighted by molar-refractivity contribution is 5.85. The Bertz CT molecular complexity index is 646. The van der Waals surface area contributed by atoms with Crippen molar-refractivity contribution < 1.29 is 14.2 Å². The summed E-state index contributed by atoms with van der Waals surface area (Å²) >= 11 is 0. The second kappa shape index (κ2) is 11.7. The third-order valence-electron chi connectivity index (χ3n) is 4.28. The number of halogens is 1. The van der Waals surface area contributed by atoms with E-state index in [0.29, 0.717) is 6.04 Å². The van der Waals surface area contributed by atoms with Crippen LogP contribution < -0.4 is 19.5 Å². The number of hydrogen-bond acceptors (Lipinski definition) is 4. The van der Waals surface area contributed by atoms with Crippen LogP contribution in [0.1, 0.15) is 24.5 Å². The molecule has 1 N–H and O–H groups in total. The lowest BCUT2D eigenvalue weighted by atomic mass is 10.1. The monoisotopic (exact) mass is 379 g/mol. The van der Waals surface area contributed by atoms with Crippen LogP contribution in [0.3, 0.4) is 0 Å². The second-order valence-electron chi connectivity index (χ2n) is 6.20. The quantitative estimate of drug-likeness (QED) is 0.625. The molecule has 0 bridgehead atoms. The van der Waals surface area contributed by atoms with Crippen LogP contribution in [0.15, 0.2) is 42.5 Å². The van der Waals surface area contributed by atoms with Gasteiger partial charge in [0.1, 0.15) is 5.75 Å². The zero-order chi connectivity index (χ0) is 18.1. The van der Waals surface area contributed by atoms with Crippen LogP contribution in [-0.2, 0) is 12.8 Å². The van der Waals surface area contributed by atoms with Gasteiger partial charge in [0, 0.05) is 6.04 Å². The van der Waals surface area contributed by atoms with Crippen molar-refractivity contribution in [3.63, 3.8) is 0 Å². The Morgan fingerprint density at radius 2 is 1.50 bits per heavy atom. The van der Waals surface area contributed by atoms with E-state index in [1.807, 2.05) is 24.3 Å². The Morgan fingerprint density at radius 3 is 2.12 bits per heavy atom. The molecule has 2 aromatic carbocycles. The average Bonchev–Trinajstić information content (AvgIpc) is 2.65. The molecule has 0 heterocycles. The van der Waals surface area contributed by atoms with E-state index < -0.39 is 0 Å². The van der Waals surface area contributed by atoms with E-state index in [1.165, 1.54) is 11.1 Å². The van der Waals surface area contributed by atoms with Gasteiger partial charge in [-0.25, -0.2) is 0 Å². The molecule has 2 aromatic rings. The lowest BCUT2D eigenvalue weighted by Gasteiger charge is -2.15. The van der Waals surface area contributed by atoms with Gasteiger partial charge in [-0.1, -0.05) is 18.2 Å². The van der Waals surface area contributed by atoms with Crippen molar-refractivity contribution in [1.82, 2.24) is 5.32 Å². The zero-order valence-electron chi connectivity index (χ0n) is 16.1. The van der Waals surface area contributed by atoms with E-state index in [2.05, 4.69) is 30.4 Å². The molecule has 5 heteroatoms. The topological polar surface area (TPSA) is 39.7 Å². The predicted molar refractivity (Wildman–Crippen MR) is 109 cm³/mol. The molecule has 0 radical (unpaired) electrons. The van der Waals surface area contributed by atoms with Crippen molar-refractivity contribution in [2.75, 3.05) is 27.9 Å². The summed E-state index contributed by atoms with van der Waals surface area (Å²) in [5, 5.41) is 3.59. The number of benzene rings is 2. The molecule has 4 nitrogen and oxygen atoms in total. The first-order chi connectivity index (χ1) is 12.2. The fourth-order valence-corrected chi connectivity index (χ4v) is 2.87. The van der Waals surface area contributed by atoms with E-state index in [9.17, 15) is 0 Å². The van der Waals surface area contributed by atoms with Crippen molar-refractivity contribution >= 4 is 12.4 Å². The molecule has 1 unspecified atom stereocenters. The molecule has 0 spiro atoms. The smallest absolute Gasteiger partial charge is 0.160 e. The predicted octanol–water partition coefficient (Wildman–Crippen LogP) is 4.29. The molecular formula is C21H30ClNO3. The van der Waals surface area contributed by atoms with E-state index in [0.717, 1.165) is 43.1 Å². The molecule has 144 valence electrons. The van der Waals surface area contributed by atoms with Gasteiger partial charge in [0.25, 0.3) is 0 Å². The Morgan fingerprint density at radius 1 is 0.846 bits per heavy atom. The van der Waals surface area contributed by atoms with Crippen LogP contribution in [0.25, 0.3) is 0 Å². The maximum Gasteiger partial charge on any atom is 0.160 e. The molecule has 0 aliphatic heterocycles. The summed E-state index contributed by atoms with van der Waals surface area (Å²) in [5.74, 6) is 2.46. The average molecular weight is 380 g/mol. The Balaban J connectivity index is 0.00000338. The summed E-state index contributed by atoms with van der Waals surface area (Å²) in [5.41, 5.74) is 2.59. The van der Waals surface area contributed by atoms with Crippen LogP contribution in [0.2, 0.25) is 0 Å². The van der Waals surface area contributed by atoms with Gasteiger partial charge in [-0.05, 0) is 68.1 Å². The molecule has 0 aromatic heterocycles. The van der Waals surface area contributed by atoms with Crippen molar-refractivity contribution in [2.45, 2.75) is 32.2 Å². The molecule has 26 heavy (non-hydrogen) atoms. The van der Waals surface area contributed by atoms with E-state index in [-0.39, 0.29) is 12.4 Å². The first-order valence-electron chi connectivity index (χ1n) is 8.73. The Hall–Kier alpha value is -1.91. The number of aryl methyl sites for hydroxylation is 1. The van der Waals surface area contributed by atoms with Crippen molar-refractivity contribution in [3.05, 3.63) is 53.6 Å². The van der Waals surface area contributed by atoms with Crippen LogP contribution >= 0.6 is 12.4 Å². The number of methoxy groups -OCH3 is 3. The normalized spacial score (nSPS) is 11.4. The van der Waals surface area contributed by atoms with Gasteiger partial charge in [-0.15, -0.1) is 12.4 Å². The maximum absolute atomic E-state index is 5.37. The molecular weight excluding hydrogens is 350 g/mol. The molecule has 1 atom stereocenters.